The van der Waals surface area contributed by atoms with Crippen LogP contribution in [0, 0.1) is 18.8 Å². The summed E-state index contributed by atoms with van der Waals surface area (Å²) in [5.41, 5.74) is 3.28. The van der Waals surface area contributed by atoms with Gasteiger partial charge in [0.25, 0.3) is 0 Å². The molecule has 2 aromatic carbocycles. The number of carbonyl (C=O) groups is 3. The number of carbonyl (C=O) groups excluding carboxylic acids is 3. The summed E-state index contributed by atoms with van der Waals surface area (Å²) in [5.74, 6) is -0.269. The van der Waals surface area contributed by atoms with E-state index in [2.05, 4.69) is 10.6 Å². The third kappa shape index (κ3) is 6.12. The molecule has 1 heterocycles. The Hall–Kier alpha value is -3.35. The molecule has 176 valence electrons. The van der Waals surface area contributed by atoms with Gasteiger partial charge in [-0.25, -0.2) is 4.79 Å². The van der Waals surface area contributed by atoms with E-state index in [1.54, 1.807) is 24.3 Å². The van der Waals surface area contributed by atoms with Crippen molar-refractivity contribution in [1.29, 1.82) is 0 Å². The van der Waals surface area contributed by atoms with Crippen LogP contribution in [0.15, 0.2) is 48.5 Å². The number of hydrogen-bond acceptors (Lipinski definition) is 4. The first kappa shape index (κ1) is 24.3. The number of nitrogens with one attached hydrogen (secondary N) is 2. The third-order valence-corrected chi connectivity index (χ3v) is 5.52. The smallest absolute Gasteiger partial charge is 0.411 e. The second-order valence-corrected chi connectivity index (χ2v) is 9.27. The van der Waals surface area contributed by atoms with Gasteiger partial charge in [0.15, 0.2) is 12.1 Å². The van der Waals surface area contributed by atoms with Crippen LogP contribution in [0.4, 0.5) is 10.5 Å². The van der Waals surface area contributed by atoms with Gasteiger partial charge in [0.2, 0.25) is 11.8 Å². The average molecular weight is 452 g/mol. The number of amides is 3. The largest absolute Gasteiger partial charge is 0.438 e. The lowest BCUT2D eigenvalue weighted by Gasteiger charge is -2.25. The molecule has 33 heavy (non-hydrogen) atoms. The molecule has 2 atom stereocenters. The van der Waals surface area contributed by atoms with Crippen LogP contribution in [-0.2, 0) is 20.9 Å². The standard InChI is InChI=1S/C26H33N3O4/c1-16(2)14-27-25(31)22-23(20-7-6-8-21(13-20)28-24(30)17(3)4)33-26(32)29(22)15-19-11-9-18(5)10-12-19/h6-13,16-17,22-23H,14-15H2,1-5H3,(H,27,31)(H,28,30). The number of benzene rings is 2. The Morgan fingerprint density at radius 3 is 2.39 bits per heavy atom. The van der Waals surface area contributed by atoms with E-state index in [0.717, 1.165) is 11.1 Å². The topological polar surface area (TPSA) is 87.7 Å². The minimum Gasteiger partial charge on any atom is -0.438 e. The minimum absolute atomic E-state index is 0.109. The number of anilines is 1. The molecular weight excluding hydrogens is 418 g/mol. The van der Waals surface area contributed by atoms with Crippen LogP contribution in [0.1, 0.15) is 50.5 Å². The van der Waals surface area contributed by atoms with E-state index in [4.69, 9.17) is 4.74 Å². The molecule has 0 bridgehead atoms. The van der Waals surface area contributed by atoms with Gasteiger partial charge in [0.1, 0.15) is 0 Å². The zero-order valence-corrected chi connectivity index (χ0v) is 19.9. The SMILES string of the molecule is Cc1ccc(CN2C(=O)OC(c3cccc(NC(=O)C(C)C)c3)C2C(=O)NCC(C)C)cc1. The molecule has 0 aliphatic carbocycles. The molecule has 0 spiro atoms. The van der Waals surface area contributed by atoms with Crippen LogP contribution in [-0.4, -0.2) is 35.4 Å². The monoisotopic (exact) mass is 451 g/mol. The Morgan fingerprint density at radius 1 is 1.06 bits per heavy atom. The van der Waals surface area contributed by atoms with Crippen molar-refractivity contribution in [1.82, 2.24) is 10.2 Å². The maximum absolute atomic E-state index is 13.2. The zero-order chi connectivity index (χ0) is 24.1. The normalized spacial score (nSPS) is 17.9. The van der Waals surface area contributed by atoms with Crippen molar-refractivity contribution >= 4 is 23.6 Å². The maximum atomic E-state index is 13.2. The van der Waals surface area contributed by atoms with E-state index in [1.165, 1.54) is 4.90 Å². The molecule has 7 heteroatoms. The molecule has 2 aromatic rings. The first-order valence-electron chi connectivity index (χ1n) is 11.4. The fourth-order valence-electron chi connectivity index (χ4n) is 3.59. The summed E-state index contributed by atoms with van der Waals surface area (Å²) in [6.07, 6.45) is -1.33. The minimum atomic E-state index is -0.825. The molecule has 1 aliphatic rings. The second kappa shape index (κ2) is 10.5. The molecule has 1 aliphatic heterocycles. The molecule has 0 radical (unpaired) electrons. The van der Waals surface area contributed by atoms with Gasteiger partial charge in [-0.15, -0.1) is 0 Å². The van der Waals surface area contributed by atoms with Crippen molar-refractivity contribution in [2.75, 3.05) is 11.9 Å². The fraction of sp³-hybridized carbons (Fsp3) is 0.423. The maximum Gasteiger partial charge on any atom is 0.411 e. The lowest BCUT2D eigenvalue weighted by Crippen LogP contribution is -2.47. The second-order valence-electron chi connectivity index (χ2n) is 9.27. The summed E-state index contributed by atoms with van der Waals surface area (Å²) < 4.78 is 5.72. The highest BCUT2D eigenvalue weighted by molar-refractivity contribution is 5.92. The van der Waals surface area contributed by atoms with Gasteiger partial charge in [-0.3, -0.25) is 14.5 Å². The van der Waals surface area contributed by atoms with Gasteiger partial charge in [-0.05, 0) is 36.1 Å². The summed E-state index contributed by atoms with van der Waals surface area (Å²) in [6, 6.07) is 14.1. The number of aryl methyl sites for hydroxylation is 1. The molecule has 0 saturated carbocycles. The third-order valence-electron chi connectivity index (χ3n) is 5.52. The van der Waals surface area contributed by atoms with E-state index >= 15 is 0 Å². The zero-order valence-electron chi connectivity index (χ0n) is 19.9. The van der Waals surface area contributed by atoms with E-state index in [-0.39, 0.29) is 30.2 Å². The first-order valence-corrected chi connectivity index (χ1v) is 11.4. The highest BCUT2D eigenvalue weighted by atomic mass is 16.6. The Kier molecular flexibility index (Phi) is 7.74. The van der Waals surface area contributed by atoms with Crippen molar-refractivity contribution in [3.8, 4) is 0 Å². The first-order chi connectivity index (χ1) is 15.7. The molecule has 2 unspecified atom stereocenters. The number of hydrogen-bond donors (Lipinski definition) is 2. The van der Waals surface area contributed by atoms with Gasteiger partial charge in [0.05, 0.1) is 6.54 Å². The Morgan fingerprint density at radius 2 is 1.76 bits per heavy atom. The van der Waals surface area contributed by atoms with Crippen molar-refractivity contribution in [3.05, 3.63) is 65.2 Å². The van der Waals surface area contributed by atoms with Crippen molar-refractivity contribution in [2.45, 2.75) is 53.3 Å². The number of ether oxygens (including phenoxy) is 1. The Bertz CT molecular complexity index is 1000. The Labute approximate surface area is 195 Å². The predicted octanol–water partition coefficient (Wildman–Crippen LogP) is 4.42. The van der Waals surface area contributed by atoms with Gasteiger partial charge in [0, 0.05) is 18.2 Å². The lowest BCUT2D eigenvalue weighted by molar-refractivity contribution is -0.126. The van der Waals surface area contributed by atoms with Crippen molar-refractivity contribution in [3.63, 3.8) is 0 Å². The summed E-state index contributed by atoms with van der Waals surface area (Å²) in [5, 5.41) is 5.81. The summed E-state index contributed by atoms with van der Waals surface area (Å²) in [6.45, 7) is 10.4. The summed E-state index contributed by atoms with van der Waals surface area (Å²) in [4.78, 5) is 39.7. The van der Waals surface area contributed by atoms with E-state index < -0.39 is 18.2 Å². The average Bonchev–Trinajstić information content (AvgIpc) is 3.09. The van der Waals surface area contributed by atoms with Gasteiger partial charge < -0.3 is 15.4 Å². The lowest BCUT2D eigenvalue weighted by atomic mass is 9.99. The molecule has 3 rings (SSSR count). The van der Waals surface area contributed by atoms with Crippen LogP contribution in [0.5, 0.6) is 0 Å². The van der Waals surface area contributed by atoms with Crippen LogP contribution in [0.25, 0.3) is 0 Å². The van der Waals surface area contributed by atoms with Gasteiger partial charge in [-0.1, -0.05) is 69.7 Å². The molecule has 2 N–H and O–H groups in total. The quantitative estimate of drug-likeness (QED) is 0.622. The van der Waals surface area contributed by atoms with Gasteiger partial charge >= 0.3 is 6.09 Å². The molecule has 7 nitrogen and oxygen atoms in total. The number of nitrogens with zero attached hydrogens (tertiary/aromatic N) is 1. The van der Waals surface area contributed by atoms with E-state index in [9.17, 15) is 14.4 Å². The fourth-order valence-corrected chi connectivity index (χ4v) is 3.59. The highest BCUT2D eigenvalue weighted by Gasteiger charge is 2.47. The van der Waals surface area contributed by atoms with Crippen LogP contribution in [0.3, 0.4) is 0 Å². The van der Waals surface area contributed by atoms with E-state index in [1.807, 2.05) is 58.9 Å². The summed E-state index contributed by atoms with van der Waals surface area (Å²) >= 11 is 0. The van der Waals surface area contributed by atoms with Crippen LogP contribution >= 0.6 is 0 Å². The highest BCUT2D eigenvalue weighted by Crippen LogP contribution is 2.35. The molecule has 1 fully saturated rings. The molecular formula is C26H33N3O4. The molecule has 3 amide bonds. The molecule has 0 aromatic heterocycles. The van der Waals surface area contributed by atoms with E-state index in [0.29, 0.717) is 17.8 Å². The van der Waals surface area contributed by atoms with Crippen LogP contribution in [0.2, 0.25) is 0 Å². The number of cyclic esters (lactones) is 1. The number of rotatable bonds is 8. The van der Waals surface area contributed by atoms with Gasteiger partial charge in [-0.2, -0.15) is 0 Å². The van der Waals surface area contributed by atoms with Crippen LogP contribution < -0.4 is 10.6 Å². The van der Waals surface area contributed by atoms with Crippen molar-refractivity contribution < 1.29 is 19.1 Å². The Balaban J connectivity index is 1.90. The predicted molar refractivity (Wildman–Crippen MR) is 127 cm³/mol. The van der Waals surface area contributed by atoms with Crippen molar-refractivity contribution in [2.24, 2.45) is 11.8 Å². The molecule has 1 saturated heterocycles. The summed E-state index contributed by atoms with van der Waals surface area (Å²) in [7, 11) is 0.